The molecular weight excluding hydrogens is 174 g/mol. The van der Waals surface area contributed by atoms with Gasteiger partial charge in [0, 0.05) is 11.6 Å². The average molecular weight is 184 g/mol. The van der Waals surface area contributed by atoms with Crippen LogP contribution in [0.1, 0.15) is 5.56 Å². The summed E-state index contributed by atoms with van der Waals surface area (Å²) in [5.74, 6) is 0.787. The summed E-state index contributed by atoms with van der Waals surface area (Å²) in [5, 5.41) is 3.66. The van der Waals surface area contributed by atoms with Crippen molar-refractivity contribution in [1.82, 2.24) is 5.16 Å². The fraction of sp³-hybridized carbons (Fsp3) is 0. The molecule has 14 heavy (non-hydrogen) atoms. The van der Waals surface area contributed by atoms with E-state index in [0.29, 0.717) is 0 Å². The Labute approximate surface area is 82.9 Å². The molecule has 2 rings (SSSR count). The second-order valence-electron chi connectivity index (χ2n) is 2.90. The maximum Gasteiger partial charge on any atom is 0.166 e. The topological polar surface area (TPSA) is 26.0 Å². The average Bonchev–Trinajstić information content (AvgIpc) is 2.72. The summed E-state index contributed by atoms with van der Waals surface area (Å²) < 4.78 is 5.04. The first kappa shape index (κ1) is 8.75. The van der Waals surface area contributed by atoms with Crippen molar-refractivity contribution in [2.75, 3.05) is 0 Å². The van der Waals surface area contributed by atoms with Crippen LogP contribution in [0, 0.1) is 6.92 Å². The van der Waals surface area contributed by atoms with E-state index in [1.54, 1.807) is 12.3 Å². The van der Waals surface area contributed by atoms with Crippen LogP contribution in [-0.4, -0.2) is 5.16 Å². The molecule has 0 aliphatic carbocycles. The van der Waals surface area contributed by atoms with E-state index < -0.39 is 0 Å². The largest absolute Gasteiger partial charge is 0.356 e. The molecule has 0 aliphatic heterocycles. The highest BCUT2D eigenvalue weighted by Crippen LogP contribution is 2.19. The molecule has 69 valence electrons. The Morgan fingerprint density at radius 3 is 2.50 bits per heavy atom. The van der Waals surface area contributed by atoms with Gasteiger partial charge in [-0.25, -0.2) is 0 Å². The predicted octanol–water partition coefficient (Wildman–Crippen LogP) is 3.19. The third-order valence-electron chi connectivity index (χ3n) is 1.94. The van der Waals surface area contributed by atoms with Gasteiger partial charge in [-0.2, -0.15) is 0 Å². The highest BCUT2D eigenvalue weighted by molar-refractivity contribution is 5.60. The fourth-order valence-electron chi connectivity index (χ4n) is 1.26. The summed E-state index contributed by atoms with van der Waals surface area (Å²) in [5.41, 5.74) is 2.16. The van der Waals surface area contributed by atoms with Crippen LogP contribution in [0.5, 0.6) is 0 Å². The molecule has 2 nitrogen and oxygen atoms in total. The van der Waals surface area contributed by atoms with Gasteiger partial charge in [-0.05, 0) is 12.5 Å². The van der Waals surface area contributed by atoms with Crippen molar-refractivity contribution in [2.24, 2.45) is 0 Å². The number of aromatic nitrogens is 1. The minimum absolute atomic E-state index is 0.787. The van der Waals surface area contributed by atoms with Crippen LogP contribution < -0.4 is 0 Å². The fourth-order valence-corrected chi connectivity index (χ4v) is 1.26. The molecule has 1 heterocycles. The molecule has 0 bridgehead atoms. The number of allylic oxidation sites excluding steroid dienone is 1. The molecule has 0 saturated heterocycles. The number of nitrogens with zero attached hydrogens (tertiary/aromatic N) is 1. The number of benzene rings is 1. The van der Waals surface area contributed by atoms with Gasteiger partial charge in [0.2, 0.25) is 0 Å². The molecular formula is C12H10NO. The normalized spacial score (nSPS) is 10.9. The zero-order chi connectivity index (χ0) is 9.80. The number of rotatable bonds is 2. The third kappa shape index (κ3) is 1.74. The summed E-state index contributed by atoms with van der Waals surface area (Å²) in [6.45, 7) is 3.64. The lowest BCUT2D eigenvalue weighted by molar-refractivity contribution is 0.432. The molecule has 2 heteroatoms. The second kappa shape index (κ2) is 3.92. The SMILES string of the molecule is [CH2]/C=C/c1ccc(-c2ccno2)cc1. The molecule has 0 amide bonds. The molecule has 0 spiro atoms. The van der Waals surface area contributed by atoms with Crippen molar-refractivity contribution < 1.29 is 4.52 Å². The first-order chi connectivity index (χ1) is 6.90. The van der Waals surface area contributed by atoms with Gasteiger partial charge < -0.3 is 4.52 Å². The molecule has 0 unspecified atom stereocenters. The van der Waals surface area contributed by atoms with Crippen molar-refractivity contribution in [3.63, 3.8) is 0 Å². The minimum atomic E-state index is 0.787. The Morgan fingerprint density at radius 1 is 1.14 bits per heavy atom. The smallest absolute Gasteiger partial charge is 0.166 e. The Hall–Kier alpha value is -1.83. The molecule has 0 atom stereocenters. The van der Waals surface area contributed by atoms with E-state index in [4.69, 9.17) is 4.52 Å². The first-order valence-corrected chi connectivity index (χ1v) is 4.37. The molecule has 1 aromatic carbocycles. The van der Waals surface area contributed by atoms with Crippen molar-refractivity contribution in [1.29, 1.82) is 0 Å². The quantitative estimate of drug-likeness (QED) is 0.716. The minimum Gasteiger partial charge on any atom is -0.356 e. The summed E-state index contributed by atoms with van der Waals surface area (Å²) in [6.07, 6.45) is 5.35. The van der Waals surface area contributed by atoms with Gasteiger partial charge in [0.25, 0.3) is 0 Å². The number of hydrogen-bond acceptors (Lipinski definition) is 2. The standard InChI is InChI=1S/C12H10NO/c1-2-3-10-4-6-11(7-5-10)12-8-9-13-14-12/h2-9H,1H2/b3-2+. The Balaban J connectivity index is 2.31. The molecule has 2 aromatic rings. The zero-order valence-electron chi connectivity index (χ0n) is 7.68. The van der Waals surface area contributed by atoms with Gasteiger partial charge in [0.1, 0.15) is 0 Å². The molecule has 0 N–H and O–H groups in total. The predicted molar refractivity (Wildman–Crippen MR) is 56.3 cm³/mol. The van der Waals surface area contributed by atoms with E-state index in [1.807, 2.05) is 36.4 Å². The number of hydrogen-bond donors (Lipinski definition) is 0. The first-order valence-electron chi connectivity index (χ1n) is 4.37. The van der Waals surface area contributed by atoms with Crippen molar-refractivity contribution in [3.05, 3.63) is 55.1 Å². The van der Waals surface area contributed by atoms with Gasteiger partial charge in [-0.1, -0.05) is 41.6 Å². The van der Waals surface area contributed by atoms with Crippen LogP contribution in [0.2, 0.25) is 0 Å². The summed E-state index contributed by atoms with van der Waals surface area (Å²) in [4.78, 5) is 0. The van der Waals surface area contributed by atoms with Crippen LogP contribution in [0.15, 0.2) is 47.1 Å². The van der Waals surface area contributed by atoms with Gasteiger partial charge in [-0.3, -0.25) is 0 Å². The van der Waals surface area contributed by atoms with Crippen LogP contribution in [0.4, 0.5) is 0 Å². The van der Waals surface area contributed by atoms with Crippen molar-refractivity contribution in [3.8, 4) is 11.3 Å². The van der Waals surface area contributed by atoms with E-state index in [0.717, 1.165) is 16.9 Å². The highest BCUT2D eigenvalue weighted by atomic mass is 16.5. The molecule has 1 radical (unpaired) electrons. The molecule has 1 aromatic heterocycles. The van der Waals surface area contributed by atoms with Crippen LogP contribution in [-0.2, 0) is 0 Å². The summed E-state index contributed by atoms with van der Waals surface area (Å²) in [7, 11) is 0. The summed E-state index contributed by atoms with van der Waals surface area (Å²) in [6, 6.07) is 9.86. The lowest BCUT2D eigenvalue weighted by Gasteiger charge is -1.96. The Kier molecular flexibility index (Phi) is 2.45. The van der Waals surface area contributed by atoms with Gasteiger partial charge in [0.05, 0.1) is 6.20 Å². The highest BCUT2D eigenvalue weighted by Gasteiger charge is 1.99. The van der Waals surface area contributed by atoms with Gasteiger partial charge in [0.15, 0.2) is 5.76 Å². The van der Waals surface area contributed by atoms with Crippen LogP contribution in [0.25, 0.3) is 17.4 Å². The van der Waals surface area contributed by atoms with Crippen LogP contribution >= 0.6 is 0 Å². The zero-order valence-corrected chi connectivity index (χ0v) is 7.68. The van der Waals surface area contributed by atoms with Gasteiger partial charge in [-0.15, -0.1) is 0 Å². The Morgan fingerprint density at radius 2 is 1.93 bits per heavy atom. The Bertz CT molecular complexity index is 412. The maximum atomic E-state index is 5.04. The van der Waals surface area contributed by atoms with E-state index in [1.165, 1.54) is 0 Å². The monoisotopic (exact) mass is 184 g/mol. The molecule has 0 fully saturated rings. The molecule has 0 aliphatic rings. The van der Waals surface area contributed by atoms with Crippen LogP contribution in [0.3, 0.4) is 0 Å². The lowest BCUT2D eigenvalue weighted by atomic mass is 10.1. The van der Waals surface area contributed by atoms with E-state index >= 15 is 0 Å². The third-order valence-corrected chi connectivity index (χ3v) is 1.94. The van der Waals surface area contributed by atoms with Crippen molar-refractivity contribution >= 4 is 6.08 Å². The summed E-state index contributed by atoms with van der Waals surface area (Å²) >= 11 is 0. The van der Waals surface area contributed by atoms with E-state index in [2.05, 4.69) is 12.1 Å². The second-order valence-corrected chi connectivity index (χ2v) is 2.90. The van der Waals surface area contributed by atoms with Gasteiger partial charge >= 0.3 is 0 Å². The van der Waals surface area contributed by atoms with E-state index in [-0.39, 0.29) is 0 Å². The lowest BCUT2D eigenvalue weighted by Crippen LogP contribution is -1.75. The maximum absolute atomic E-state index is 5.04. The molecule has 0 saturated carbocycles. The van der Waals surface area contributed by atoms with E-state index in [9.17, 15) is 0 Å². The van der Waals surface area contributed by atoms with Crippen molar-refractivity contribution in [2.45, 2.75) is 0 Å².